The first kappa shape index (κ1) is 23.9. The van der Waals surface area contributed by atoms with Gasteiger partial charge in [0.2, 0.25) is 0 Å². The van der Waals surface area contributed by atoms with Crippen LogP contribution >= 0.6 is 0 Å². The van der Waals surface area contributed by atoms with Crippen molar-refractivity contribution < 1.29 is 28.3 Å². The van der Waals surface area contributed by atoms with Crippen molar-refractivity contribution in [3.05, 3.63) is 90.0 Å². The van der Waals surface area contributed by atoms with Crippen LogP contribution < -0.4 is 14.8 Å². The third-order valence-electron chi connectivity index (χ3n) is 6.07. The molecule has 2 aromatic heterocycles. The van der Waals surface area contributed by atoms with Crippen LogP contribution in [0, 0.1) is 0 Å². The van der Waals surface area contributed by atoms with Gasteiger partial charge in [-0.3, -0.25) is 19.8 Å². The van der Waals surface area contributed by atoms with Gasteiger partial charge in [-0.15, -0.1) is 0 Å². The molecule has 0 atom stereocenters. The summed E-state index contributed by atoms with van der Waals surface area (Å²) in [5.41, 5.74) is 1.56. The van der Waals surface area contributed by atoms with E-state index >= 15 is 0 Å². The largest absolute Gasteiger partial charge is 0.497 e. The Labute approximate surface area is 212 Å². The maximum atomic E-state index is 13.1. The second-order valence-corrected chi connectivity index (χ2v) is 8.46. The number of amides is 4. The number of aryl methyl sites for hydroxylation is 1. The van der Waals surface area contributed by atoms with Gasteiger partial charge in [-0.2, -0.15) is 0 Å². The van der Waals surface area contributed by atoms with Crippen molar-refractivity contribution in [1.82, 2.24) is 14.8 Å². The second kappa shape index (κ2) is 10.4. The molecule has 1 saturated heterocycles. The van der Waals surface area contributed by atoms with Crippen molar-refractivity contribution in [3.8, 4) is 11.5 Å². The molecule has 9 nitrogen and oxygen atoms in total. The number of carbonyl (C=O) groups excluding carboxylic acids is 3. The van der Waals surface area contributed by atoms with E-state index in [1.807, 2.05) is 54.7 Å². The minimum Gasteiger partial charge on any atom is -0.497 e. The highest BCUT2D eigenvalue weighted by molar-refractivity contribution is 6.31. The fourth-order valence-corrected chi connectivity index (χ4v) is 4.22. The molecule has 0 saturated carbocycles. The SMILES string of the molecule is COc1ccc(OCCCn2cc(/C=C3\C(=O)NC(=O)N(Cc4ccco4)C3=O)c3ccccc32)cc1. The number of carbonyl (C=O) groups is 3. The molecule has 1 aliphatic rings. The first-order valence-electron chi connectivity index (χ1n) is 11.8. The third-order valence-corrected chi connectivity index (χ3v) is 6.07. The summed E-state index contributed by atoms with van der Waals surface area (Å²) >= 11 is 0. The molecule has 2 aromatic carbocycles. The van der Waals surface area contributed by atoms with Crippen molar-refractivity contribution in [2.24, 2.45) is 0 Å². The van der Waals surface area contributed by atoms with E-state index in [4.69, 9.17) is 13.9 Å². The fraction of sp³-hybridized carbons (Fsp3) is 0.179. The first-order chi connectivity index (χ1) is 18.0. The van der Waals surface area contributed by atoms with Crippen LogP contribution in [0.15, 0.2) is 83.1 Å². The second-order valence-electron chi connectivity index (χ2n) is 8.46. The van der Waals surface area contributed by atoms with E-state index in [2.05, 4.69) is 9.88 Å². The summed E-state index contributed by atoms with van der Waals surface area (Å²) < 4.78 is 18.3. The Balaban J connectivity index is 1.34. The number of hydrogen-bond donors (Lipinski definition) is 1. The standard InChI is InChI=1S/C28H25N3O6/c1-35-20-9-11-21(12-10-20)36-15-5-13-30-17-19(23-7-2-3-8-25(23)30)16-24-26(32)29-28(34)31(27(24)33)18-22-6-4-14-37-22/h2-4,6-12,14,16-17H,5,13,15,18H2,1H3,(H,29,32,34)/b24-16+. The lowest BCUT2D eigenvalue weighted by Crippen LogP contribution is -2.53. The lowest BCUT2D eigenvalue weighted by atomic mass is 10.1. The predicted octanol–water partition coefficient (Wildman–Crippen LogP) is 4.37. The normalized spacial score (nSPS) is 14.9. The van der Waals surface area contributed by atoms with E-state index in [0.717, 1.165) is 33.7 Å². The van der Waals surface area contributed by atoms with Crippen molar-refractivity contribution in [1.29, 1.82) is 0 Å². The Hall–Kier alpha value is -4.79. The van der Waals surface area contributed by atoms with Crippen LogP contribution in [0.25, 0.3) is 17.0 Å². The van der Waals surface area contributed by atoms with E-state index in [9.17, 15) is 14.4 Å². The third kappa shape index (κ3) is 5.11. The van der Waals surface area contributed by atoms with Gasteiger partial charge in [0.05, 0.1) is 26.5 Å². The minimum absolute atomic E-state index is 0.0712. The number of benzene rings is 2. The molecule has 0 unspecified atom stereocenters. The van der Waals surface area contributed by atoms with Crippen LogP contribution in [0.5, 0.6) is 11.5 Å². The van der Waals surface area contributed by atoms with Crippen LogP contribution in [0.3, 0.4) is 0 Å². The quantitative estimate of drug-likeness (QED) is 0.208. The van der Waals surface area contributed by atoms with E-state index in [-0.39, 0.29) is 12.1 Å². The number of urea groups is 1. The predicted molar refractivity (Wildman–Crippen MR) is 136 cm³/mol. The molecule has 1 aliphatic heterocycles. The number of rotatable bonds is 9. The van der Waals surface area contributed by atoms with Crippen molar-refractivity contribution in [3.63, 3.8) is 0 Å². The summed E-state index contributed by atoms with van der Waals surface area (Å²) in [6.45, 7) is 1.11. The van der Waals surface area contributed by atoms with Gasteiger partial charge in [-0.1, -0.05) is 18.2 Å². The number of furan rings is 1. The number of imide groups is 2. The topological polar surface area (TPSA) is 103 Å². The summed E-state index contributed by atoms with van der Waals surface area (Å²) in [6.07, 6.45) is 5.64. The van der Waals surface area contributed by atoms with Gasteiger partial charge >= 0.3 is 6.03 Å². The summed E-state index contributed by atoms with van der Waals surface area (Å²) in [5.74, 6) is 0.571. The van der Waals surface area contributed by atoms with Crippen LogP contribution in [0.2, 0.25) is 0 Å². The summed E-state index contributed by atoms with van der Waals surface area (Å²) in [4.78, 5) is 39.0. The molecule has 0 radical (unpaired) electrons. The number of para-hydroxylation sites is 1. The molecule has 1 N–H and O–H groups in total. The van der Waals surface area contributed by atoms with Gasteiger partial charge in [-0.05, 0) is 55.0 Å². The highest BCUT2D eigenvalue weighted by atomic mass is 16.5. The monoisotopic (exact) mass is 499 g/mol. The van der Waals surface area contributed by atoms with E-state index in [1.54, 1.807) is 19.2 Å². The molecule has 9 heteroatoms. The summed E-state index contributed by atoms with van der Waals surface area (Å²) in [6, 6.07) is 17.7. The smallest absolute Gasteiger partial charge is 0.331 e. The maximum Gasteiger partial charge on any atom is 0.331 e. The van der Waals surface area contributed by atoms with Gasteiger partial charge in [0.1, 0.15) is 22.8 Å². The van der Waals surface area contributed by atoms with Gasteiger partial charge in [0.25, 0.3) is 11.8 Å². The number of barbiturate groups is 1. The van der Waals surface area contributed by atoms with Gasteiger partial charge in [0, 0.05) is 29.2 Å². The summed E-state index contributed by atoms with van der Waals surface area (Å²) in [7, 11) is 1.62. The lowest BCUT2D eigenvalue weighted by molar-refractivity contribution is -0.130. The Morgan fingerprint density at radius 3 is 2.51 bits per heavy atom. The molecule has 1 fully saturated rings. The van der Waals surface area contributed by atoms with E-state index < -0.39 is 17.8 Å². The summed E-state index contributed by atoms with van der Waals surface area (Å²) in [5, 5.41) is 3.14. The Kier molecular flexibility index (Phi) is 6.76. The van der Waals surface area contributed by atoms with Crippen molar-refractivity contribution in [2.75, 3.05) is 13.7 Å². The molecule has 5 rings (SSSR count). The van der Waals surface area contributed by atoms with Gasteiger partial charge in [-0.25, -0.2) is 4.79 Å². The maximum absolute atomic E-state index is 13.1. The average molecular weight is 500 g/mol. The molecular weight excluding hydrogens is 474 g/mol. The van der Waals surface area contributed by atoms with Crippen LogP contribution in [0.1, 0.15) is 17.7 Å². The Morgan fingerprint density at radius 2 is 1.76 bits per heavy atom. The fourth-order valence-electron chi connectivity index (χ4n) is 4.22. The Morgan fingerprint density at radius 1 is 0.973 bits per heavy atom. The Bertz CT molecular complexity index is 1470. The molecule has 0 aliphatic carbocycles. The highest BCUT2D eigenvalue weighted by Crippen LogP contribution is 2.26. The number of fused-ring (bicyclic) bond motifs is 1. The minimum atomic E-state index is -0.775. The molecule has 0 bridgehead atoms. The van der Waals surface area contributed by atoms with Crippen molar-refractivity contribution in [2.45, 2.75) is 19.5 Å². The number of ether oxygens (including phenoxy) is 2. The molecule has 4 aromatic rings. The van der Waals surface area contributed by atoms with Crippen LogP contribution in [-0.4, -0.2) is 41.0 Å². The lowest BCUT2D eigenvalue weighted by Gasteiger charge is -2.25. The van der Waals surface area contributed by atoms with Gasteiger partial charge in [0.15, 0.2) is 0 Å². The zero-order valence-corrected chi connectivity index (χ0v) is 20.2. The molecule has 0 spiro atoms. The molecule has 4 amide bonds. The van der Waals surface area contributed by atoms with Gasteiger partial charge < -0.3 is 18.5 Å². The average Bonchev–Trinajstić information content (AvgIpc) is 3.55. The number of nitrogens with zero attached hydrogens (tertiary/aromatic N) is 2. The number of methoxy groups -OCH3 is 1. The number of hydrogen-bond acceptors (Lipinski definition) is 6. The molecule has 37 heavy (non-hydrogen) atoms. The molecule has 188 valence electrons. The first-order valence-corrected chi connectivity index (χ1v) is 11.8. The van der Waals surface area contributed by atoms with Crippen LogP contribution in [0.4, 0.5) is 4.79 Å². The molecular formula is C28H25N3O6. The van der Waals surface area contributed by atoms with E-state index in [0.29, 0.717) is 24.5 Å². The number of aromatic nitrogens is 1. The highest BCUT2D eigenvalue weighted by Gasteiger charge is 2.36. The zero-order valence-electron chi connectivity index (χ0n) is 20.2. The number of nitrogens with one attached hydrogen (secondary N) is 1. The van der Waals surface area contributed by atoms with E-state index in [1.165, 1.54) is 12.3 Å². The van der Waals surface area contributed by atoms with Crippen LogP contribution in [-0.2, 0) is 22.7 Å². The van der Waals surface area contributed by atoms with Crippen molar-refractivity contribution >= 4 is 34.8 Å². The zero-order chi connectivity index (χ0) is 25.8. The molecule has 3 heterocycles.